The van der Waals surface area contributed by atoms with Crippen molar-refractivity contribution in [2.24, 2.45) is 0 Å². The second kappa shape index (κ2) is 4.65. The number of benzene rings is 1. The molecule has 0 bridgehead atoms. The van der Waals surface area contributed by atoms with E-state index in [2.05, 4.69) is 31.1 Å². The lowest BCUT2D eigenvalue weighted by molar-refractivity contribution is 0.136. The van der Waals surface area contributed by atoms with Gasteiger partial charge < -0.3 is 4.52 Å². The molecule has 0 spiro atoms. The van der Waals surface area contributed by atoms with Crippen molar-refractivity contribution in [3.8, 4) is 11.6 Å². The van der Waals surface area contributed by atoms with E-state index in [1.54, 1.807) is 12.3 Å². The molecule has 0 aliphatic rings. The third-order valence-electron chi connectivity index (χ3n) is 2.57. The first-order chi connectivity index (χ1) is 9.15. The van der Waals surface area contributed by atoms with E-state index in [-0.39, 0.29) is 5.89 Å². The van der Waals surface area contributed by atoms with Gasteiger partial charge in [0.25, 0.3) is 5.89 Å². The molecule has 1 aromatic carbocycles. The zero-order chi connectivity index (χ0) is 13.4. The van der Waals surface area contributed by atoms with E-state index in [9.17, 15) is 8.78 Å². The molecule has 3 aromatic rings. The summed E-state index contributed by atoms with van der Waals surface area (Å²) in [6.45, 7) is 0. The predicted molar refractivity (Wildman–Crippen MR) is 67.7 cm³/mol. The SMILES string of the molecule is FC(F)c1noc(-c2cc3c(Br)cccc3cn2)n1. The Kier molecular flexibility index (Phi) is 2.98. The number of alkyl halides is 2. The van der Waals surface area contributed by atoms with Gasteiger partial charge in [0.05, 0.1) is 0 Å². The highest BCUT2D eigenvalue weighted by Gasteiger charge is 2.17. The molecule has 0 saturated heterocycles. The molecule has 0 unspecified atom stereocenters. The van der Waals surface area contributed by atoms with E-state index in [1.165, 1.54) is 0 Å². The van der Waals surface area contributed by atoms with Gasteiger partial charge in [-0.3, -0.25) is 4.98 Å². The summed E-state index contributed by atoms with van der Waals surface area (Å²) >= 11 is 3.42. The first-order valence-corrected chi connectivity index (χ1v) is 6.11. The zero-order valence-corrected chi connectivity index (χ0v) is 10.9. The minimum absolute atomic E-state index is 0.0204. The van der Waals surface area contributed by atoms with E-state index in [1.807, 2.05) is 18.2 Å². The maximum absolute atomic E-state index is 12.4. The average molecular weight is 326 g/mol. The summed E-state index contributed by atoms with van der Waals surface area (Å²) in [7, 11) is 0. The van der Waals surface area contributed by atoms with E-state index in [0.717, 1.165) is 15.2 Å². The molecule has 96 valence electrons. The van der Waals surface area contributed by atoms with Crippen LogP contribution in [0, 0.1) is 0 Å². The summed E-state index contributed by atoms with van der Waals surface area (Å²) in [5.74, 6) is -0.656. The van der Waals surface area contributed by atoms with Crippen LogP contribution in [0.3, 0.4) is 0 Å². The first kappa shape index (κ1) is 12.2. The number of fused-ring (bicyclic) bond motifs is 1. The summed E-state index contributed by atoms with van der Waals surface area (Å²) in [5, 5.41) is 5.02. The van der Waals surface area contributed by atoms with E-state index in [0.29, 0.717) is 5.69 Å². The van der Waals surface area contributed by atoms with E-state index < -0.39 is 12.2 Å². The van der Waals surface area contributed by atoms with E-state index in [4.69, 9.17) is 4.52 Å². The van der Waals surface area contributed by atoms with Gasteiger partial charge in [0.1, 0.15) is 5.69 Å². The first-order valence-electron chi connectivity index (χ1n) is 5.31. The topological polar surface area (TPSA) is 51.8 Å². The molecule has 4 nitrogen and oxygen atoms in total. The maximum atomic E-state index is 12.4. The highest BCUT2D eigenvalue weighted by atomic mass is 79.9. The monoisotopic (exact) mass is 325 g/mol. The van der Waals surface area contributed by atoms with Gasteiger partial charge in [-0.15, -0.1) is 0 Å². The Bertz CT molecular complexity index is 745. The molecule has 0 aliphatic heterocycles. The molecule has 3 rings (SSSR count). The summed E-state index contributed by atoms with van der Waals surface area (Å²) in [5.41, 5.74) is 0.360. The van der Waals surface area contributed by atoms with Crippen molar-refractivity contribution in [3.05, 3.63) is 40.8 Å². The van der Waals surface area contributed by atoms with Crippen LogP contribution in [-0.4, -0.2) is 15.1 Å². The number of hydrogen-bond acceptors (Lipinski definition) is 4. The second-order valence-electron chi connectivity index (χ2n) is 3.79. The fourth-order valence-electron chi connectivity index (χ4n) is 1.68. The van der Waals surface area contributed by atoms with Crippen molar-refractivity contribution in [2.45, 2.75) is 6.43 Å². The van der Waals surface area contributed by atoms with Gasteiger partial charge in [0.2, 0.25) is 5.82 Å². The van der Waals surface area contributed by atoms with Gasteiger partial charge in [-0.2, -0.15) is 4.98 Å². The zero-order valence-electron chi connectivity index (χ0n) is 9.35. The largest absolute Gasteiger partial charge is 0.332 e. The molecule has 0 saturated carbocycles. The fourth-order valence-corrected chi connectivity index (χ4v) is 2.17. The normalized spacial score (nSPS) is 11.4. The maximum Gasteiger partial charge on any atom is 0.300 e. The Hall–Kier alpha value is -1.89. The highest BCUT2D eigenvalue weighted by Crippen LogP contribution is 2.27. The Labute approximate surface area is 114 Å². The second-order valence-corrected chi connectivity index (χ2v) is 4.64. The minimum Gasteiger partial charge on any atom is -0.332 e. The van der Waals surface area contributed by atoms with Gasteiger partial charge in [0.15, 0.2) is 0 Å². The number of pyridine rings is 1. The Morgan fingerprint density at radius 1 is 1.26 bits per heavy atom. The Morgan fingerprint density at radius 2 is 2.11 bits per heavy atom. The molecule has 2 heterocycles. The predicted octanol–water partition coefficient (Wildman–Crippen LogP) is 3.98. The lowest BCUT2D eigenvalue weighted by Gasteiger charge is -2.01. The van der Waals surface area contributed by atoms with Crippen molar-refractivity contribution in [2.75, 3.05) is 0 Å². The molecule has 0 atom stereocenters. The highest BCUT2D eigenvalue weighted by molar-refractivity contribution is 9.10. The molecule has 0 radical (unpaired) electrons. The molecular formula is C12H6BrF2N3O. The Morgan fingerprint density at radius 3 is 2.84 bits per heavy atom. The fraction of sp³-hybridized carbons (Fsp3) is 0.0833. The minimum atomic E-state index is -2.76. The lowest BCUT2D eigenvalue weighted by Crippen LogP contribution is -1.88. The van der Waals surface area contributed by atoms with Crippen LogP contribution in [0.25, 0.3) is 22.4 Å². The smallest absolute Gasteiger partial charge is 0.300 e. The number of rotatable bonds is 2. The average Bonchev–Trinajstić information content (AvgIpc) is 2.89. The van der Waals surface area contributed by atoms with Crippen LogP contribution in [0.15, 0.2) is 39.5 Å². The van der Waals surface area contributed by atoms with Crippen LogP contribution in [0.5, 0.6) is 0 Å². The van der Waals surface area contributed by atoms with Gasteiger partial charge in [0, 0.05) is 16.1 Å². The van der Waals surface area contributed by atoms with Crippen molar-refractivity contribution in [3.63, 3.8) is 0 Å². The van der Waals surface area contributed by atoms with E-state index >= 15 is 0 Å². The molecular weight excluding hydrogens is 320 g/mol. The molecule has 2 aromatic heterocycles. The van der Waals surface area contributed by atoms with Crippen LogP contribution in [0.1, 0.15) is 12.2 Å². The number of aromatic nitrogens is 3. The molecule has 0 fully saturated rings. The third kappa shape index (κ3) is 2.21. The molecule has 19 heavy (non-hydrogen) atoms. The van der Waals surface area contributed by atoms with Crippen LogP contribution in [-0.2, 0) is 0 Å². The summed E-state index contributed by atoms with van der Waals surface area (Å²) in [6.07, 6.45) is -1.13. The molecule has 0 amide bonds. The van der Waals surface area contributed by atoms with Crippen molar-refractivity contribution >= 4 is 26.7 Å². The van der Waals surface area contributed by atoms with Crippen molar-refractivity contribution < 1.29 is 13.3 Å². The molecule has 7 heteroatoms. The van der Waals surface area contributed by atoms with Gasteiger partial charge in [-0.05, 0) is 17.5 Å². The quantitative estimate of drug-likeness (QED) is 0.715. The summed E-state index contributed by atoms with van der Waals surface area (Å²) in [6, 6.07) is 7.37. The standard InChI is InChI=1S/C12H6BrF2N3O/c13-8-3-1-2-6-5-16-9(4-7(6)8)12-17-11(10(14)15)18-19-12/h1-5,10H. The summed E-state index contributed by atoms with van der Waals surface area (Å²) < 4.78 is 30.5. The number of nitrogens with zero attached hydrogens (tertiary/aromatic N) is 3. The van der Waals surface area contributed by atoms with Gasteiger partial charge in [-0.25, -0.2) is 8.78 Å². The molecule has 0 aliphatic carbocycles. The van der Waals surface area contributed by atoms with Crippen LogP contribution >= 0.6 is 15.9 Å². The number of hydrogen-bond donors (Lipinski definition) is 0. The van der Waals surface area contributed by atoms with Gasteiger partial charge in [-0.1, -0.05) is 33.2 Å². The van der Waals surface area contributed by atoms with Crippen LogP contribution in [0.4, 0.5) is 8.78 Å². The van der Waals surface area contributed by atoms with Crippen molar-refractivity contribution in [1.82, 2.24) is 15.1 Å². The van der Waals surface area contributed by atoms with Crippen LogP contribution in [0.2, 0.25) is 0 Å². The van der Waals surface area contributed by atoms with Crippen LogP contribution < -0.4 is 0 Å². The molecule has 0 N–H and O–H groups in total. The number of halogens is 3. The van der Waals surface area contributed by atoms with Gasteiger partial charge >= 0.3 is 6.43 Å². The third-order valence-corrected chi connectivity index (χ3v) is 3.26. The Balaban J connectivity index is 2.11. The lowest BCUT2D eigenvalue weighted by atomic mass is 10.1. The summed E-state index contributed by atoms with van der Waals surface area (Å²) in [4.78, 5) is 7.74. The van der Waals surface area contributed by atoms with Crippen molar-refractivity contribution in [1.29, 1.82) is 0 Å².